The Balaban J connectivity index is 1.85. The van der Waals surface area contributed by atoms with Gasteiger partial charge in [0.1, 0.15) is 11.9 Å². The number of rotatable bonds is 8. The average Bonchev–Trinajstić information content (AvgIpc) is 2.96. The Morgan fingerprint density at radius 3 is 2.85 bits per heavy atom. The first-order chi connectivity index (χ1) is 16.4. The number of nitrogens with zero attached hydrogens (tertiary/aromatic N) is 2. The van der Waals surface area contributed by atoms with Crippen molar-refractivity contribution in [3.05, 3.63) is 69.1 Å². The monoisotopic (exact) mass is 480 g/mol. The van der Waals surface area contributed by atoms with E-state index in [0.717, 1.165) is 55.0 Å². The van der Waals surface area contributed by atoms with Crippen LogP contribution in [0.4, 0.5) is 4.39 Å². The number of unbranched alkanes of at least 4 members (excludes halogenated alkanes) is 3. The van der Waals surface area contributed by atoms with E-state index in [-0.39, 0.29) is 5.56 Å². The zero-order valence-electron chi connectivity index (χ0n) is 19.5. The van der Waals surface area contributed by atoms with Crippen LogP contribution in [0.5, 0.6) is 0 Å². The number of fused-ring (bicyclic) bond motifs is 3. The maximum absolute atomic E-state index is 14.5. The van der Waals surface area contributed by atoms with Crippen LogP contribution in [-0.4, -0.2) is 15.6 Å². The first-order valence-corrected chi connectivity index (χ1v) is 12.6. The number of carboxylic acids is 1. The van der Waals surface area contributed by atoms with E-state index in [1.165, 1.54) is 31.7 Å². The van der Waals surface area contributed by atoms with Crippen molar-refractivity contribution in [2.75, 3.05) is 0 Å². The number of halogens is 2. The highest BCUT2D eigenvalue weighted by molar-refractivity contribution is 6.32. The molecule has 1 N–H and O–H groups in total. The summed E-state index contributed by atoms with van der Waals surface area (Å²) in [5.41, 5.74) is 3.80. The molecule has 0 saturated heterocycles. The normalized spacial score (nSPS) is 15.6. The summed E-state index contributed by atoms with van der Waals surface area (Å²) in [5, 5.41) is 20.4. The molecule has 4 nitrogen and oxygen atoms in total. The molecule has 1 aliphatic rings. The van der Waals surface area contributed by atoms with Crippen molar-refractivity contribution in [3.63, 3.8) is 0 Å². The summed E-state index contributed by atoms with van der Waals surface area (Å²) in [6, 6.07) is 10.0. The summed E-state index contributed by atoms with van der Waals surface area (Å²) < 4.78 is 16.5. The summed E-state index contributed by atoms with van der Waals surface area (Å²) in [6.07, 6.45) is 9.79. The van der Waals surface area contributed by atoms with E-state index in [4.69, 9.17) is 11.6 Å². The van der Waals surface area contributed by atoms with Crippen LogP contribution in [0.2, 0.25) is 5.02 Å². The standard InChI is InChI=1S/C28H30ClFN2O2/c1-2-3-4-5-8-18-9-6-12-22-23-14-21(30)15-24(28(33)34)27(23)32(25(22)13-18)17-20-11-7-10-19(16-31)26(20)29/h7,10-11,14-15,18H,2-6,8-9,12-13,17H2,1H3,(H,33,34). The molecule has 178 valence electrons. The Morgan fingerprint density at radius 1 is 1.29 bits per heavy atom. The molecule has 1 aromatic heterocycles. The molecule has 1 unspecified atom stereocenters. The molecule has 0 aliphatic heterocycles. The van der Waals surface area contributed by atoms with Crippen molar-refractivity contribution in [1.82, 2.24) is 4.57 Å². The third-order valence-electron chi connectivity index (χ3n) is 7.09. The van der Waals surface area contributed by atoms with Gasteiger partial charge in [-0.05, 0) is 60.9 Å². The highest BCUT2D eigenvalue weighted by Crippen LogP contribution is 2.38. The molecule has 1 atom stereocenters. The van der Waals surface area contributed by atoms with Gasteiger partial charge < -0.3 is 9.67 Å². The van der Waals surface area contributed by atoms with E-state index in [2.05, 4.69) is 13.0 Å². The molecule has 0 amide bonds. The van der Waals surface area contributed by atoms with Crippen LogP contribution >= 0.6 is 11.6 Å². The van der Waals surface area contributed by atoms with E-state index in [9.17, 15) is 19.6 Å². The number of aromatic carboxylic acids is 1. The number of carbonyl (C=O) groups is 1. The fraction of sp³-hybridized carbons (Fsp3) is 0.429. The van der Waals surface area contributed by atoms with Crippen LogP contribution in [0.15, 0.2) is 30.3 Å². The molecule has 4 rings (SSSR count). The van der Waals surface area contributed by atoms with Gasteiger partial charge in [0.05, 0.1) is 21.7 Å². The highest BCUT2D eigenvalue weighted by Gasteiger charge is 2.27. The van der Waals surface area contributed by atoms with Crippen molar-refractivity contribution in [2.24, 2.45) is 5.92 Å². The molecule has 0 spiro atoms. The smallest absolute Gasteiger partial charge is 0.337 e. The van der Waals surface area contributed by atoms with Gasteiger partial charge in [0, 0.05) is 17.6 Å². The maximum Gasteiger partial charge on any atom is 0.337 e. The number of nitriles is 1. The van der Waals surface area contributed by atoms with Gasteiger partial charge in [0.2, 0.25) is 0 Å². The zero-order chi connectivity index (χ0) is 24.2. The second kappa shape index (κ2) is 10.6. The molecule has 0 bridgehead atoms. The van der Waals surface area contributed by atoms with Crippen LogP contribution in [0.3, 0.4) is 0 Å². The Labute approximate surface area is 205 Å². The summed E-state index contributed by atoms with van der Waals surface area (Å²) >= 11 is 6.53. The predicted molar refractivity (Wildman–Crippen MR) is 133 cm³/mol. The molecule has 3 aromatic rings. The van der Waals surface area contributed by atoms with Crippen LogP contribution in [0.1, 0.15) is 84.6 Å². The first-order valence-electron chi connectivity index (χ1n) is 12.2. The first kappa shape index (κ1) is 24.3. The van der Waals surface area contributed by atoms with Gasteiger partial charge in [-0.2, -0.15) is 5.26 Å². The quantitative estimate of drug-likeness (QED) is 0.268. The third kappa shape index (κ3) is 4.83. The van der Waals surface area contributed by atoms with Gasteiger partial charge >= 0.3 is 5.97 Å². The molecule has 1 heterocycles. The van der Waals surface area contributed by atoms with Crippen molar-refractivity contribution >= 4 is 28.5 Å². The van der Waals surface area contributed by atoms with Gasteiger partial charge in [0.15, 0.2) is 0 Å². The second-order valence-electron chi connectivity index (χ2n) is 9.37. The lowest BCUT2D eigenvalue weighted by atomic mass is 9.93. The number of carboxylic acid groups (broad SMARTS) is 1. The fourth-order valence-electron chi connectivity index (χ4n) is 5.43. The van der Waals surface area contributed by atoms with Gasteiger partial charge in [0.25, 0.3) is 0 Å². The van der Waals surface area contributed by atoms with Crippen LogP contribution in [0.25, 0.3) is 10.9 Å². The fourth-order valence-corrected chi connectivity index (χ4v) is 5.66. The molecule has 6 heteroatoms. The molecule has 0 saturated carbocycles. The number of hydrogen-bond acceptors (Lipinski definition) is 2. The van der Waals surface area contributed by atoms with Gasteiger partial charge in [-0.25, -0.2) is 9.18 Å². The van der Waals surface area contributed by atoms with Crippen molar-refractivity contribution < 1.29 is 14.3 Å². The van der Waals surface area contributed by atoms with E-state index >= 15 is 0 Å². The summed E-state index contributed by atoms with van der Waals surface area (Å²) in [6.45, 7) is 2.55. The minimum absolute atomic E-state index is 0.0323. The Morgan fingerprint density at radius 2 is 2.12 bits per heavy atom. The van der Waals surface area contributed by atoms with Crippen LogP contribution in [-0.2, 0) is 19.4 Å². The van der Waals surface area contributed by atoms with E-state index in [1.54, 1.807) is 12.1 Å². The molecule has 0 radical (unpaired) electrons. The average molecular weight is 481 g/mol. The lowest BCUT2D eigenvalue weighted by Gasteiger charge is -2.18. The Hall–Kier alpha value is -2.84. The lowest BCUT2D eigenvalue weighted by Crippen LogP contribution is -2.12. The Kier molecular flexibility index (Phi) is 7.58. The molecule has 0 fully saturated rings. The summed E-state index contributed by atoms with van der Waals surface area (Å²) in [5.74, 6) is -1.17. The van der Waals surface area contributed by atoms with Crippen LogP contribution in [0, 0.1) is 23.1 Å². The third-order valence-corrected chi connectivity index (χ3v) is 7.54. The largest absolute Gasteiger partial charge is 0.478 e. The number of aryl methyl sites for hydroxylation is 1. The SMILES string of the molecule is CCCCCCC1CCCc2c(n(Cc3cccc(C#N)c3Cl)c3c(C(=O)O)cc(F)cc23)C1. The van der Waals surface area contributed by atoms with Crippen molar-refractivity contribution in [2.45, 2.75) is 71.3 Å². The predicted octanol–water partition coefficient (Wildman–Crippen LogP) is 7.52. The molecular weight excluding hydrogens is 451 g/mol. The number of aromatic nitrogens is 1. The lowest BCUT2D eigenvalue weighted by molar-refractivity contribution is 0.0698. The van der Waals surface area contributed by atoms with E-state index in [1.807, 2.05) is 10.6 Å². The van der Waals surface area contributed by atoms with Gasteiger partial charge in [-0.3, -0.25) is 0 Å². The molecule has 2 aromatic carbocycles. The molecule has 34 heavy (non-hydrogen) atoms. The molecular formula is C28H30ClFN2O2. The minimum atomic E-state index is -1.15. The maximum atomic E-state index is 14.5. The minimum Gasteiger partial charge on any atom is -0.478 e. The topological polar surface area (TPSA) is 66.0 Å². The van der Waals surface area contributed by atoms with E-state index < -0.39 is 11.8 Å². The van der Waals surface area contributed by atoms with Crippen molar-refractivity contribution in [1.29, 1.82) is 5.26 Å². The second-order valence-corrected chi connectivity index (χ2v) is 9.75. The highest BCUT2D eigenvalue weighted by atomic mass is 35.5. The summed E-state index contributed by atoms with van der Waals surface area (Å²) in [4.78, 5) is 12.1. The number of benzene rings is 2. The Bertz CT molecular complexity index is 1260. The van der Waals surface area contributed by atoms with Crippen LogP contribution < -0.4 is 0 Å². The summed E-state index contributed by atoms with van der Waals surface area (Å²) in [7, 11) is 0. The number of hydrogen-bond donors (Lipinski definition) is 1. The van der Waals surface area contributed by atoms with Crippen molar-refractivity contribution in [3.8, 4) is 6.07 Å². The van der Waals surface area contributed by atoms with Gasteiger partial charge in [-0.15, -0.1) is 0 Å². The zero-order valence-corrected chi connectivity index (χ0v) is 20.3. The molecule has 1 aliphatic carbocycles. The van der Waals surface area contributed by atoms with Gasteiger partial charge in [-0.1, -0.05) is 62.8 Å². The van der Waals surface area contributed by atoms with E-state index in [0.29, 0.717) is 34.0 Å².